The number of rotatable bonds is 2. The number of pyridine rings is 1. The molecule has 0 spiro atoms. The predicted molar refractivity (Wildman–Crippen MR) is 85.3 cm³/mol. The number of amides is 1. The second-order valence-electron chi connectivity index (χ2n) is 6.14. The molecule has 1 fully saturated rings. The predicted octanol–water partition coefficient (Wildman–Crippen LogP) is 1.95. The minimum Gasteiger partial charge on any atom is -0.330 e. The molecule has 1 atom stereocenters. The lowest BCUT2D eigenvalue weighted by atomic mass is 10.1. The van der Waals surface area contributed by atoms with E-state index in [-0.39, 0.29) is 11.9 Å². The van der Waals surface area contributed by atoms with Gasteiger partial charge in [-0.25, -0.2) is 14.6 Å². The standard InChI is InChI=1S/C16H18N6O2/c1-9-13(20-24-19-9)12-5-4-8-22(12)16(23)11-6-7-17-15-14(11)18-10(2)21(15)3/h6-7,12H,4-5,8H2,1-3H3. The Hall–Kier alpha value is -2.77. The quantitative estimate of drug-likeness (QED) is 0.715. The third kappa shape index (κ3) is 2.10. The van der Waals surface area contributed by atoms with Crippen LogP contribution >= 0.6 is 0 Å². The van der Waals surface area contributed by atoms with Crippen molar-refractivity contribution in [1.29, 1.82) is 0 Å². The summed E-state index contributed by atoms with van der Waals surface area (Å²) < 4.78 is 6.71. The molecule has 0 N–H and O–H groups in total. The summed E-state index contributed by atoms with van der Waals surface area (Å²) in [6.07, 6.45) is 3.44. The molecule has 8 heteroatoms. The molecule has 1 amide bonds. The molecule has 4 heterocycles. The van der Waals surface area contributed by atoms with Gasteiger partial charge in [0, 0.05) is 19.8 Å². The van der Waals surface area contributed by atoms with Crippen LogP contribution in [-0.4, -0.2) is 42.2 Å². The molecule has 0 saturated carbocycles. The van der Waals surface area contributed by atoms with Crippen LogP contribution in [0.3, 0.4) is 0 Å². The third-order valence-corrected chi connectivity index (χ3v) is 4.73. The normalized spacial score (nSPS) is 17.8. The summed E-state index contributed by atoms with van der Waals surface area (Å²) >= 11 is 0. The van der Waals surface area contributed by atoms with Crippen LogP contribution in [0.25, 0.3) is 11.2 Å². The largest absolute Gasteiger partial charge is 0.330 e. The first-order chi connectivity index (χ1) is 11.6. The van der Waals surface area contributed by atoms with Crippen molar-refractivity contribution in [2.75, 3.05) is 6.54 Å². The average Bonchev–Trinajstić information content (AvgIpc) is 3.27. The van der Waals surface area contributed by atoms with Crippen LogP contribution in [-0.2, 0) is 7.05 Å². The number of carbonyl (C=O) groups is 1. The fraction of sp³-hybridized carbons (Fsp3) is 0.438. The van der Waals surface area contributed by atoms with Gasteiger partial charge in [0.25, 0.3) is 5.91 Å². The van der Waals surface area contributed by atoms with Gasteiger partial charge in [-0.15, -0.1) is 0 Å². The molecule has 8 nitrogen and oxygen atoms in total. The zero-order chi connectivity index (χ0) is 16.8. The molecule has 0 radical (unpaired) electrons. The van der Waals surface area contributed by atoms with E-state index in [2.05, 4.69) is 20.3 Å². The van der Waals surface area contributed by atoms with Gasteiger partial charge in [-0.1, -0.05) is 10.3 Å². The van der Waals surface area contributed by atoms with Crippen molar-refractivity contribution in [3.05, 3.63) is 35.0 Å². The molecule has 1 saturated heterocycles. The molecule has 0 aliphatic carbocycles. The second kappa shape index (κ2) is 5.40. The molecule has 3 aromatic rings. The maximum atomic E-state index is 13.2. The number of aryl methyl sites for hydroxylation is 3. The minimum atomic E-state index is -0.100. The van der Waals surface area contributed by atoms with Crippen LogP contribution in [0.2, 0.25) is 0 Å². The summed E-state index contributed by atoms with van der Waals surface area (Å²) in [4.78, 5) is 23.9. The Morgan fingerprint density at radius 1 is 1.33 bits per heavy atom. The van der Waals surface area contributed by atoms with Crippen molar-refractivity contribution in [2.24, 2.45) is 7.05 Å². The zero-order valence-electron chi connectivity index (χ0n) is 13.9. The Kier molecular flexibility index (Phi) is 3.33. The molecule has 4 rings (SSSR count). The molecule has 1 unspecified atom stereocenters. The minimum absolute atomic E-state index is 0.0506. The van der Waals surface area contributed by atoms with Gasteiger partial charge in [0.05, 0.1) is 11.6 Å². The number of hydrogen-bond acceptors (Lipinski definition) is 6. The van der Waals surface area contributed by atoms with Gasteiger partial charge in [-0.3, -0.25) is 4.79 Å². The molecule has 0 aromatic carbocycles. The van der Waals surface area contributed by atoms with E-state index in [1.54, 1.807) is 12.3 Å². The second-order valence-corrected chi connectivity index (χ2v) is 6.14. The van der Waals surface area contributed by atoms with Gasteiger partial charge in [0.1, 0.15) is 22.7 Å². The van der Waals surface area contributed by atoms with Crippen LogP contribution in [0.5, 0.6) is 0 Å². The Bertz CT molecular complexity index is 928. The molecule has 124 valence electrons. The van der Waals surface area contributed by atoms with E-state index in [1.807, 2.05) is 30.4 Å². The zero-order valence-corrected chi connectivity index (χ0v) is 13.9. The fourth-order valence-corrected chi connectivity index (χ4v) is 3.35. The van der Waals surface area contributed by atoms with E-state index in [9.17, 15) is 4.79 Å². The topological polar surface area (TPSA) is 89.9 Å². The average molecular weight is 326 g/mol. The monoisotopic (exact) mass is 326 g/mol. The van der Waals surface area contributed by atoms with Gasteiger partial charge < -0.3 is 9.47 Å². The van der Waals surface area contributed by atoms with Gasteiger partial charge in [-0.2, -0.15) is 0 Å². The SMILES string of the molecule is Cc1nonc1C1CCCN1C(=O)c1ccnc2c1nc(C)n2C. The van der Waals surface area contributed by atoms with Gasteiger partial charge >= 0.3 is 0 Å². The van der Waals surface area contributed by atoms with Crippen LogP contribution in [0.1, 0.15) is 46.5 Å². The highest BCUT2D eigenvalue weighted by Crippen LogP contribution is 2.34. The van der Waals surface area contributed by atoms with Crippen LogP contribution in [0.15, 0.2) is 16.9 Å². The first-order valence-corrected chi connectivity index (χ1v) is 7.96. The Morgan fingerprint density at radius 2 is 2.17 bits per heavy atom. The lowest BCUT2D eigenvalue weighted by Crippen LogP contribution is -2.31. The summed E-state index contributed by atoms with van der Waals surface area (Å²) in [7, 11) is 1.90. The summed E-state index contributed by atoms with van der Waals surface area (Å²) in [5.41, 5.74) is 3.40. The molecular weight excluding hydrogens is 308 g/mol. The highest BCUT2D eigenvalue weighted by atomic mass is 16.6. The Balaban J connectivity index is 1.76. The number of imidazole rings is 1. The summed E-state index contributed by atoms with van der Waals surface area (Å²) in [6.45, 7) is 4.43. The molecule has 3 aromatic heterocycles. The molecular formula is C16H18N6O2. The van der Waals surface area contributed by atoms with E-state index >= 15 is 0 Å². The fourth-order valence-electron chi connectivity index (χ4n) is 3.35. The van der Waals surface area contributed by atoms with Crippen molar-refractivity contribution in [2.45, 2.75) is 32.7 Å². The van der Waals surface area contributed by atoms with Crippen molar-refractivity contribution in [1.82, 2.24) is 29.7 Å². The van der Waals surface area contributed by atoms with E-state index in [1.165, 1.54) is 0 Å². The van der Waals surface area contributed by atoms with Gasteiger partial charge in [0.15, 0.2) is 5.65 Å². The molecule has 0 bridgehead atoms. The van der Waals surface area contributed by atoms with E-state index in [0.717, 1.165) is 30.1 Å². The van der Waals surface area contributed by atoms with Crippen LogP contribution in [0, 0.1) is 13.8 Å². The summed E-state index contributed by atoms with van der Waals surface area (Å²) in [5, 5.41) is 7.84. The van der Waals surface area contributed by atoms with Crippen molar-refractivity contribution >= 4 is 17.1 Å². The number of aromatic nitrogens is 5. The van der Waals surface area contributed by atoms with Gasteiger partial charge in [0.2, 0.25) is 0 Å². The summed E-state index contributed by atoms with van der Waals surface area (Å²) in [6, 6.07) is 1.64. The van der Waals surface area contributed by atoms with E-state index in [4.69, 9.17) is 4.63 Å². The Morgan fingerprint density at radius 3 is 2.92 bits per heavy atom. The molecule has 24 heavy (non-hydrogen) atoms. The van der Waals surface area contributed by atoms with Crippen molar-refractivity contribution in [3.63, 3.8) is 0 Å². The van der Waals surface area contributed by atoms with Crippen LogP contribution in [0.4, 0.5) is 0 Å². The third-order valence-electron chi connectivity index (χ3n) is 4.73. The van der Waals surface area contributed by atoms with Crippen molar-refractivity contribution < 1.29 is 9.42 Å². The number of fused-ring (bicyclic) bond motifs is 1. The lowest BCUT2D eigenvalue weighted by Gasteiger charge is -2.23. The van der Waals surface area contributed by atoms with E-state index in [0.29, 0.717) is 23.3 Å². The van der Waals surface area contributed by atoms with E-state index < -0.39 is 0 Å². The van der Waals surface area contributed by atoms with Crippen molar-refractivity contribution in [3.8, 4) is 0 Å². The molecule has 1 aliphatic heterocycles. The Labute approximate surface area is 138 Å². The summed E-state index contributed by atoms with van der Waals surface area (Å²) in [5.74, 6) is 0.776. The number of hydrogen-bond donors (Lipinski definition) is 0. The highest BCUT2D eigenvalue weighted by Gasteiger charge is 2.35. The lowest BCUT2D eigenvalue weighted by molar-refractivity contribution is 0.0732. The maximum Gasteiger partial charge on any atom is 0.256 e. The first-order valence-electron chi connectivity index (χ1n) is 7.96. The smallest absolute Gasteiger partial charge is 0.256 e. The molecule has 1 aliphatic rings. The van der Waals surface area contributed by atoms with Gasteiger partial charge in [-0.05, 0) is 32.8 Å². The number of carbonyl (C=O) groups excluding carboxylic acids is 1. The maximum absolute atomic E-state index is 13.2. The van der Waals surface area contributed by atoms with Crippen LogP contribution < -0.4 is 0 Å². The number of nitrogens with zero attached hydrogens (tertiary/aromatic N) is 6. The highest BCUT2D eigenvalue weighted by molar-refractivity contribution is 6.04. The number of likely N-dealkylation sites (tertiary alicyclic amines) is 1. The first kappa shape index (κ1) is 14.8.